The van der Waals surface area contributed by atoms with Gasteiger partial charge in [-0.05, 0) is 55.0 Å². The van der Waals surface area contributed by atoms with Crippen molar-refractivity contribution in [3.8, 4) is 0 Å². The average Bonchev–Trinajstić information content (AvgIpc) is 2.61. The van der Waals surface area contributed by atoms with Crippen LogP contribution in [0, 0.1) is 0 Å². The van der Waals surface area contributed by atoms with Gasteiger partial charge in [0.1, 0.15) is 0 Å². The molecule has 0 saturated heterocycles. The van der Waals surface area contributed by atoms with E-state index >= 15 is 0 Å². The van der Waals surface area contributed by atoms with Gasteiger partial charge in [-0.3, -0.25) is 10.6 Å². The molecule has 0 fully saturated rings. The van der Waals surface area contributed by atoms with E-state index in [0.717, 1.165) is 24.8 Å². The Morgan fingerprint density at radius 1 is 0.962 bits per heavy atom. The molecule has 0 saturated carbocycles. The number of anilines is 2. The maximum atomic E-state index is 11.3. The molecule has 0 bridgehead atoms. The molecule has 1 rings (SSSR count). The van der Waals surface area contributed by atoms with Crippen LogP contribution in [0.3, 0.4) is 0 Å². The normalized spacial score (nSPS) is 9.65. The Morgan fingerprint density at radius 2 is 1.50 bits per heavy atom. The largest absolute Gasteiger partial charge is 0.453 e. The van der Waals surface area contributed by atoms with Crippen LogP contribution in [0.5, 0.6) is 0 Å². The Morgan fingerprint density at radius 3 is 2.00 bits per heavy atom. The number of aryl methyl sites for hydroxylation is 1. The van der Waals surface area contributed by atoms with Gasteiger partial charge in [-0.25, -0.2) is 9.59 Å². The summed E-state index contributed by atoms with van der Waals surface area (Å²) in [5.41, 5.74) is 2.25. The SMILES string of the molecule is CCCCc1ccc(NC(=S)NC(=O)OC)c(NC(=S)NC(=O)OC)c1. The molecule has 142 valence electrons. The van der Waals surface area contributed by atoms with E-state index in [0.29, 0.717) is 11.4 Å². The molecule has 0 heterocycles. The number of rotatable bonds is 5. The summed E-state index contributed by atoms with van der Waals surface area (Å²) >= 11 is 10.2. The zero-order valence-corrected chi connectivity index (χ0v) is 16.4. The average molecular weight is 399 g/mol. The van der Waals surface area contributed by atoms with Gasteiger partial charge in [0.15, 0.2) is 10.2 Å². The first kappa shape index (κ1) is 21.6. The Balaban J connectivity index is 2.95. The second-order valence-corrected chi connectivity index (χ2v) is 5.94. The quantitative estimate of drug-likeness (QED) is 0.561. The lowest BCUT2D eigenvalue weighted by Crippen LogP contribution is -2.35. The summed E-state index contributed by atoms with van der Waals surface area (Å²) in [4.78, 5) is 22.5. The summed E-state index contributed by atoms with van der Waals surface area (Å²) in [5.74, 6) is 0. The van der Waals surface area contributed by atoms with Crippen LogP contribution in [0.15, 0.2) is 18.2 Å². The van der Waals surface area contributed by atoms with Crippen molar-refractivity contribution in [1.82, 2.24) is 10.6 Å². The van der Waals surface area contributed by atoms with Gasteiger partial charge >= 0.3 is 12.2 Å². The predicted octanol–water partition coefficient (Wildman–Crippen LogP) is 3.13. The summed E-state index contributed by atoms with van der Waals surface area (Å²) in [6, 6.07) is 5.64. The number of hydrogen-bond donors (Lipinski definition) is 4. The molecule has 26 heavy (non-hydrogen) atoms. The lowest BCUT2D eigenvalue weighted by Gasteiger charge is -2.16. The topological polar surface area (TPSA) is 101 Å². The maximum absolute atomic E-state index is 11.3. The van der Waals surface area contributed by atoms with Crippen molar-refractivity contribution in [1.29, 1.82) is 0 Å². The molecule has 0 aromatic heterocycles. The van der Waals surface area contributed by atoms with Crippen LogP contribution in [0.25, 0.3) is 0 Å². The van der Waals surface area contributed by atoms with Crippen molar-refractivity contribution in [2.24, 2.45) is 0 Å². The maximum Gasteiger partial charge on any atom is 0.413 e. The number of amides is 2. The van der Waals surface area contributed by atoms with Crippen molar-refractivity contribution in [3.05, 3.63) is 23.8 Å². The second kappa shape index (κ2) is 11.2. The van der Waals surface area contributed by atoms with E-state index in [2.05, 4.69) is 37.7 Å². The highest BCUT2D eigenvalue weighted by atomic mass is 32.1. The van der Waals surface area contributed by atoms with Gasteiger partial charge in [-0.1, -0.05) is 19.4 Å². The first-order valence-corrected chi connectivity index (χ1v) is 8.66. The van der Waals surface area contributed by atoms with Crippen molar-refractivity contribution < 1.29 is 19.1 Å². The smallest absolute Gasteiger partial charge is 0.413 e. The molecule has 0 aliphatic heterocycles. The first-order chi connectivity index (χ1) is 12.4. The van der Waals surface area contributed by atoms with E-state index < -0.39 is 12.2 Å². The minimum atomic E-state index is -0.681. The van der Waals surface area contributed by atoms with Crippen molar-refractivity contribution in [2.45, 2.75) is 26.2 Å². The predicted molar refractivity (Wildman–Crippen MR) is 109 cm³/mol. The van der Waals surface area contributed by atoms with E-state index in [1.54, 1.807) is 6.07 Å². The second-order valence-electron chi connectivity index (χ2n) is 5.12. The van der Waals surface area contributed by atoms with E-state index in [9.17, 15) is 9.59 Å². The summed E-state index contributed by atoms with van der Waals surface area (Å²) < 4.78 is 9.01. The van der Waals surface area contributed by atoms with Gasteiger partial charge < -0.3 is 20.1 Å². The summed E-state index contributed by atoms with van der Waals surface area (Å²) in [7, 11) is 2.48. The number of carbonyl (C=O) groups is 2. The number of benzene rings is 1. The monoisotopic (exact) mass is 398 g/mol. The van der Waals surface area contributed by atoms with Crippen LogP contribution in [0.1, 0.15) is 25.3 Å². The molecule has 1 aromatic rings. The van der Waals surface area contributed by atoms with Gasteiger partial charge in [0.25, 0.3) is 0 Å². The number of carbonyl (C=O) groups excluding carboxylic acids is 2. The number of alkyl carbamates (subject to hydrolysis) is 2. The molecule has 0 unspecified atom stereocenters. The van der Waals surface area contributed by atoms with Crippen molar-refractivity contribution in [3.63, 3.8) is 0 Å². The number of unbranched alkanes of at least 4 members (excludes halogenated alkanes) is 1. The fourth-order valence-corrected chi connectivity index (χ4v) is 2.32. The first-order valence-electron chi connectivity index (χ1n) is 7.84. The van der Waals surface area contributed by atoms with Crippen molar-refractivity contribution in [2.75, 3.05) is 24.9 Å². The molecule has 10 heteroatoms. The minimum Gasteiger partial charge on any atom is -0.453 e. The minimum absolute atomic E-state index is 0.0630. The highest BCUT2D eigenvalue weighted by molar-refractivity contribution is 7.80. The molecule has 0 aliphatic rings. The summed E-state index contributed by atoms with van der Waals surface area (Å²) in [5, 5.41) is 10.7. The molecule has 0 atom stereocenters. The summed E-state index contributed by atoms with van der Waals surface area (Å²) in [6.07, 6.45) is 1.65. The molecular formula is C16H22N4O4S2. The highest BCUT2D eigenvalue weighted by Gasteiger charge is 2.11. The third-order valence-electron chi connectivity index (χ3n) is 3.20. The van der Waals surface area contributed by atoms with Gasteiger partial charge in [0, 0.05) is 0 Å². The molecule has 8 nitrogen and oxygen atoms in total. The van der Waals surface area contributed by atoms with Crippen LogP contribution in [-0.2, 0) is 15.9 Å². The summed E-state index contributed by atoms with van der Waals surface area (Å²) in [6.45, 7) is 2.11. The Bertz CT molecular complexity index is 682. The molecule has 1 aromatic carbocycles. The molecule has 2 amide bonds. The van der Waals surface area contributed by atoms with Crippen LogP contribution in [0.4, 0.5) is 21.0 Å². The number of thiocarbonyl (C=S) groups is 2. The highest BCUT2D eigenvalue weighted by Crippen LogP contribution is 2.24. The fourth-order valence-electron chi connectivity index (χ4n) is 1.93. The number of ether oxygens (including phenoxy) is 2. The fraction of sp³-hybridized carbons (Fsp3) is 0.375. The van der Waals surface area contributed by atoms with Gasteiger partial charge in [-0.2, -0.15) is 0 Å². The van der Waals surface area contributed by atoms with Crippen molar-refractivity contribution >= 4 is 58.2 Å². The Hall–Kier alpha value is -2.46. The van der Waals surface area contributed by atoms with Crippen LogP contribution in [0.2, 0.25) is 0 Å². The third kappa shape index (κ3) is 7.62. The molecule has 0 spiro atoms. The number of methoxy groups -OCH3 is 2. The van der Waals surface area contributed by atoms with Gasteiger partial charge in [0.2, 0.25) is 0 Å². The zero-order chi connectivity index (χ0) is 19.5. The molecule has 4 N–H and O–H groups in total. The lowest BCUT2D eigenvalue weighted by molar-refractivity contribution is 0.176. The Labute approximate surface area is 163 Å². The molecular weight excluding hydrogens is 376 g/mol. The van der Waals surface area contributed by atoms with E-state index in [1.165, 1.54) is 14.2 Å². The van der Waals surface area contributed by atoms with E-state index in [-0.39, 0.29) is 10.2 Å². The number of nitrogens with one attached hydrogen (secondary N) is 4. The van der Waals surface area contributed by atoms with Crippen LogP contribution >= 0.6 is 24.4 Å². The van der Waals surface area contributed by atoms with E-state index in [4.69, 9.17) is 24.4 Å². The molecule has 0 radical (unpaired) electrons. The standard InChI is InChI=1S/C16H22N4O4S2/c1-4-5-6-10-7-8-11(17-13(25)19-15(21)23-2)12(9-10)18-14(26)20-16(22)24-3/h7-9H,4-6H2,1-3H3,(H2,17,19,21,25)(H2,18,20,22,26). The third-order valence-corrected chi connectivity index (χ3v) is 3.61. The van der Waals surface area contributed by atoms with Crippen LogP contribution in [-0.4, -0.2) is 36.6 Å². The van der Waals surface area contributed by atoms with Gasteiger partial charge in [0.05, 0.1) is 25.6 Å². The van der Waals surface area contributed by atoms with Gasteiger partial charge in [-0.15, -0.1) is 0 Å². The van der Waals surface area contributed by atoms with Crippen LogP contribution < -0.4 is 21.3 Å². The Kier molecular flexibility index (Phi) is 9.31. The lowest BCUT2D eigenvalue weighted by atomic mass is 10.1. The molecule has 0 aliphatic carbocycles. The zero-order valence-electron chi connectivity index (χ0n) is 14.8. The van der Waals surface area contributed by atoms with E-state index in [1.807, 2.05) is 12.1 Å². The number of hydrogen-bond acceptors (Lipinski definition) is 6.